The molecule has 1 N–H and O–H groups in total. The molecule has 0 saturated carbocycles. The number of aliphatic hydroxyl groups excluding tert-OH is 1. The van der Waals surface area contributed by atoms with Crippen molar-refractivity contribution < 1.29 is 9.90 Å². The Labute approximate surface area is 116 Å². The molecule has 2 aromatic rings. The first kappa shape index (κ1) is 13.7. The maximum atomic E-state index is 11.8. The van der Waals surface area contributed by atoms with Crippen LogP contribution in [-0.2, 0) is 6.61 Å². The van der Waals surface area contributed by atoms with Crippen molar-refractivity contribution in [1.29, 1.82) is 0 Å². The molecular formula is C14H16N2O2S. The van der Waals surface area contributed by atoms with Gasteiger partial charge in [-0.05, 0) is 19.1 Å². The standard InChI is InChI=1S/C14H16N2O2S/c1-9-12(8-17)15-13(19-9)10-4-6-11(7-5-10)14(18)16(2)3/h4-7,17H,8H2,1-3H3. The second-order valence-corrected chi connectivity index (χ2v) is 5.66. The third-order valence-corrected chi connectivity index (χ3v) is 3.89. The number of aliphatic hydroxyl groups is 1. The van der Waals surface area contributed by atoms with E-state index in [4.69, 9.17) is 5.11 Å². The lowest BCUT2D eigenvalue weighted by molar-refractivity contribution is 0.0827. The van der Waals surface area contributed by atoms with E-state index in [-0.39, 0.29) is 12.5 Å². The van der Waals surface area contributed by atoms with Crippen molar-refractivity contribution >= 4 is 17.2 Å². The number of nitrogens with zero attached hydrogens (tertiary/aromatic N) is 2. The van der Waals surface area contributed by atoms with Crippen LogP contribution in [0, 0.1) is 6.92 Å². The highest BCUT2D eigenvalue weighted by Crippen LogP contribution is 2.27. The normalized spacial score (nSPS) is 10.5. The van der Waals surface area contributed by atoms with E-state index >= 15 is 0 Å². The third-order valence-electron chi connectivity index (χ3n) is 2.83. The first-order valence-corrected chi connectivity index (χ1v) is 6.74. The fraction of sp³-hybridized carbons (Fsp3) is 0.286. The Kier molecular flexibility index (Phi) is 3.97. The number of hydrogen-bond acceptors (Lipinski definition) is 4. The third kappa shape index (κ3) is 2.83. The van der Waals surface area contributed by atoms with Gasteiger partial charge < -0.3 is 10.0 Å². The molecule has 5 heteroatoms. The van der Waals surface area contributed by atoms with Gasteiger partial charge in [0, 0.05) is 30.1 Å². The predicted molar refractivity (Wildman–Crippen MR) is 76.2 cm³/mol. The molecule has 0 atom stereocenters. The molecule has 0 aliphatic heterocycles. The summed E-state index contributed by atoms with van der Waals surface area (Å²) in [4.78, 5) is 18.7. The fourth-order valence-electron chi connectivity index (χ4n) is 1.71. The summed E-state index contributed by atoms with van der Waals surface area (Å²) >= 11 is 1.55. The molecule has 0 spiro atoms. The van der Waals surface area contributed by atoms with Gasteiger partial charge in [0.25, 0.3) is 5.91 Å². The van der Waals surface area contributed by atoms with Gasteiger partial charge in [0.05, 0.1) is 12.3 Å². The molecule has 0 aliphatic carbocycles. The average Bonchev–Trinajstić information content (AvgIpc) is 2.79. The lowest BCUT2D eigenvalue weighted by Crippen LogP contribution is -2.21. The fourth-order valence-corrected chi connectivity index (χ4v) is 2.64. The van der Waals surface area contributed by atoms with E-state index in [1.807, 2.05) is 19.1 Å². The Morgan fingerprint density at radius 1 is 1.32 bits per heavy atom. The van der Waals surface area contributed by atoms with Crippen molar-refractivity contribution in [3.63, 3.8) is 0 Å². The van der Waals surface area contributed by atoms with E-state index in [1.54, 1.807) is 42.5 Å². The van der Waals surface area contributed by atoms with E-state index in [0.29, 0.717) is 11.3 Å². The van der Waals surface area contributed by atoms with Crippen LogP contribution >= 0.6 is 11.3 Å². The zero-order valence-electron chi connectivity index (χ0n) is 11.2. The molecule has 2 rings (SSSR count). The van der Waals surface area contributed by atoms with E-state index in [9.17, 15) is 4.79 Å². The van der Waals surface area contributed by atoms with Gasteiger partial charge in [0.15, 0.2) is 0 Å². The van der Waals surface area contributed by atoms with Crippen LogP contribution < -0.4 is 0 Å². The number of carbonyl (C=O) groups excluding carboxylic acids is 1. The van der Waals surface area contributed by atoms with Gasteiger partial charge in [-0.1, -0.05) is 12.1 Å². The molecule has 0 unspecified atom stereocenters. The van der Waals surface area contributed by atoms with Crippen LogP contribution in [0.25, 0.3) is 10.6 Å². The molecule has 19 heavy (non-hydrogen) atoms. The largest absolute Gasteiger partial charge is 0.390 e. The van der Waals surface area contributed by atoms with Gasteiger partial charge in [-0.25, -0.2) is 4.98 Å². The number of amides is 1. The Morgan fingerprint density at radius 2 is 1.95 bits per heavy atom. The SMILES string of the molecule is Cc1sc(-c2ccc(C(=O)N(C)C)cc2)nc1CO. The molecule has 1 amide bonds. The summed E-state index contributed by atoms with van der Waals surface area (Å²) in [6.07, 6.45) is 0. The highest BCUT2D eigenvalue weighted by molar-refractivity contribution is 7.15. The van der Waals surface area contributed by atoms with Crippen LogP contribution in [0.15, 0.2) is 24.3 Å². The van der Waals surface area contributed by atoms with Crippen molar-refractivity contribution in [3.05, 3.63) is 40.4 Å². The molecule has 0 fully saturated rings. The lowest BCUT2D eigenvalue weighted by Gasteiger charge is -2.10. The quantitative estimate of drug-likeness (QED) is 0.936. The van der Waals surface area contributed by atoms with Gasteiger partial charge in [-0.15, -0.1) is 11.3 Å². The van der Waals surface area contributed by atoms with Gasteiger partial charge >= 0.3 is 0 Å². The number of aromatic nitrogens is 1. The van der Waals surface area contributed by atoms with Gasteiger partial charge in [0.2, 0.25) is 0 Å². The molecule has 0 saturated heterocycles. The first-order chi connectivity index (χ1) is 9.02. The highest BCUT2D eigenvalue weighted by atomic mass is 32.1. The van der Waals surface area contributed by atoms with E-state index < -0.39 is 0 Å². The topological polar surface area (TPSA) is 53.4 Å². The van der Waals surface area contributed by atoms with Crippen LogP contribution in [0.2, 0.25) is 0 Å². The van der Waals surface area contributed by atoms with Crippen LogP contribution in [0.3, 0.4) is 0 Å². The number of benzene rings is 1. The Morgan fingerprint density at radius 3 is 2.42 bits per heavy atom. The number of rotatable bonds is 3. The van der Waals surface area contributed by atoms with Crippen molar-refractivity contribution in [1.82, 2.24) is 9.88 Å². The number of thiazole rings is 1. The van der Waals surface area contributed by atoms with Crippen LogP contribution in [0.1, 0.15) is 20.9 Å². The zero-order valence-corrected chi connectivity index (χ0v) is 12.0. The molecule has 0 radical (unpaired) electrons. The zero-order chi connectivity index (χ0) is 14.0. The molecular weight excluding hydrogens is 260 g/mol. The summed E-state index contributed by atoms with van der Waals surface area (Å²) in [6, 6.07) is 7.37. The monoisotopic (exact) mass is 276 g/mol. The number of hydrogen-bond donors (Lipinski definition) is 1. The van der Waals surface area contributed by atoms with Crippen LogP contribution in [0.5, 0.6) is 0 Å². The van der Waals surface area contributed by atoms with Crippen molar-refractivity contribution in [2.24, 2.45) is 0 Å². The molecule has 0 aliphatic rings. The molecule has 4 nitrogen and oxygen atoms in total. The second-order valence-electron chi connectivity index (χ2n) is 4.46. The summed E-state index contributed by atoms with van der Waals surface area (Å²) in [5.74, 6) is -0.0158. The highest BCUT2D eigenvalue weighted by Gasteiger charge is 2.11. The summed E-state index contributed by atoms with van der Waals surface area (Å²) in [7, 11) is 3.46. The first-order valence-electron chi connectivity index (χ1n) is 5.92. The predicted octanol–water partition coefficient (Wildman–Crippen LogP) is 2.31. The van der Waals surface area contributed by atoms with E-state index in [2.05, 4.69) is 4.98 Å². The van der Waals surface area contributed by atoms with Crippen molar-refractivity contribution in [3.8, 4) is 10.6 Å². The van der Waals surface area contributed by atoms with Gasteiger partial charge in [-0.3, -0.25) is 4.79 Å². The summed E-state index contributed by atoms with van der Waals surface area (Å²) in [6.45, 7) is 1.90. The molecule has 1 heterocycles. The molecule has 100 valence electrons. The molecule has 1 aromatic carbocycles. The van der Waals surface area contributed by atoms with Gasteiger partial charge in [0.1, 0.15) is 5.01 Å². The maximum absolute atomic E-state index is 11.8. The number of carbonyl (C=O) groups is 1. The summed E-state index contributed by atoms with van der Waals surface area (Å²) < 4.78 is 0. The number of aryl methyl sites for hydroxylation is 1. The second kappa shape index (κ2) is 5.50. The smallest absolute Gasteiger partial charge is 0.253 e. The molecule has 0 bridgehead atoms. The van der Waals surface area contributed by atoms with E-state index in [1.165, 1.54) is 0 Å². The van der Waals surface area contributed by atoms with Crippen molar-refractivity contribution in [2.75, 3.05) is 14.1 Å². The Balaban J connectivity index is 2.29. The molecule has 1 aromatic heterocycles. The Hall–Kier alpha value is -1.72. The van der Waals surface area contributed by atoms with Crippen LogP contribution in [0.4, 0.5) is 0 Å². The Bertz CT molecular complexity index is 588. The summed E-state index contributed by atoms with van der Waals surface area (Å²) in [5, 5.41) is 10.0. The minimum Gasteiger partial charge on any atom is -0.390 e. The minimum absolute atomic E-state index is 0.0158. The lowest BCUT2D eigenvalue weighted by atomic mass is 10.1. The van der Waals surface area contributed by atoms with Crippen LogP contribution in [-0.4, -0.2) is 35.0 Å². The van der Waals surface area contributed by atoms with Gasteiger partial charge in [-0.2, -0.15) is 0 Å². The van der Waals surface area contributed by atoms with E-state index in [0.717, 1.165) is 15.4 Å². The average molecular weight is 276 g/mol. The summed E-state index contributed by atoms with van der Waals surface area (Å²) in [5.41, 5.74) is 2.33. The minimum atomic E-state index is -0.0421. The van der Waals surface area contributed by atoms with Crippen molar-refractivity contribution in [2.45, 2.75) is 13.5 Å². The maximum Gasteiger partial charge on any atom is 0.253 e.